The van der Waals surface area contributed by atoms with Crippen molar-refractivity contribution < 1.29 is 0 Å². The Kier molecular flexibility index (Phi) is 2.87. The van der Waals surface area contributed by atoms with Gasteiger partial charge in [0.05, 0.1) is 0 Å². The molecule has 3 rings (SSSR count). The van der Waals surface area contributed by atoms with Crippen LogP contribution in [0.25, 0.3) is 0 Å². The van der Waals surface area contributed by atoms with Gasteiger partial charge in [0.25, 0.3) is 0 Å². The molecule has 1 aliphatic rings. The summed E-state index contributed by atoms with van der Waals surface area (Å²) >= 11 is 0. The van der Waals surface area contributed by atoms with Crippen molar-refractivity contribution in [1.29, 1.82) is 5.26 Å². The molecule has 2 aromatic rings. The molecule has 0 saturated heterocycles. The number of nitrogens with zero attached hydrogens (tertiary/aromatic N) is 2. The highest BCUT2D eigenvalue weighted by Crippen LogP contribution is 2.34. The number of rotatable bonds is 1. The molecule has 4 heteroatoms. The van der Waals surface area contributed by atoms with Crippen molar-refractivity contribution in [3.63, 3.8) is 0 Å². The fourth-order valence-electron chi connectivity index (χ4n) is 2.21. The predicted molar refractivity (Wildman–Crippen MR) is 74.5 cm³/mol. The van der Waals surface area contributed by atoms with Crippen LogP contribution >= 0.6 is 0 Å². The van der Waals surface area contributed by atoms with Crippen LogP contribution < -0.4 is 10.6 Å². The summed E-state index contributed by atoms with van der Waals surface area (Å²) in [6.45, 7) is 0. The van der Waals surface area contributed by atoms with Gasteiger partial charge in [0.2, 0.25) is 5.96 Å². The summed E-state index contributed by atoms with van der Waals surface area (Å²) in [7, 11) is 0. The minimum atomic E-state index is -0.0884. The highest BCUT2D eigenvalue weighted by atomic mass is 15.2. The summed E-state index contributed by atoms with van der Waals surface area (Å²) in [4.78, 5) is 4.56. The van der Waals surface area contributed by atoms with Gasteiger partial charge in [0, 0.05) is 11.3 Å². The maximum Gasteiger partial charge on any atom is 0.210 e. The first-order valence-electron chi connectivity index (χ1n) is 6.02. The number of benzene rings is 2. The molecule has 2 N–H and O–H groups in total. The van der Waals surface area contributed by atoms with Crippen molar-refractivity contribution in [2.24, 2.45) is 4.99 Å². The first kappa shape index (κ1) is 11.3. The Bertz CT molecular complexity index is 655. The normalized spacial score (nSPS) is 16.6. The summed E-state index contributed by atoms with van der Waals surface area (Å²) in [6.07, 6.45) is 1.90. The maximum absolute atomic E-state index is 8.74. The molecule has 0 amide bonds. The summed E-state index contributed by atoms with van der Waals surface area (Å²) in [5.41, 5.74) is 3.19. The van der Waals surface area contributed by atoms with Crippen molar-refractivity contribution in [2.75, 3.05) is 5.32 Å². The highest BCUT2D eigenvalue weighted by Gasteiger charge is 2.22. The Balaban J connectivity index is 2.09. The van der Waals surface area contributed by atoms with E-state index in [1.165, 1.54) is 0 Å². The molecule has 0 radical (unpaired) electrons. The summed E-state index contributed by atoms with van der Waals surface area (Å²) < 4.78 is 0. The lowest BCUT2D eigenvalue weighted by molar-refractivity contribution is 0.852. The molecule has 1 aliphatic heterocycles. The second-order valence-corrected chi connectivity index (χ2v) is 4.24. The lowest BCUT2D eigenvalue weighted by Gasteiger charge is -2.24. The zero-order valence-corrected chi connectivity index (χ0v) is 10.2. The van der Waals surface area contributed by atoms with E-state index in [1.54, 1.807) is 0 Å². The first-order valence-corrected chi connectivity index (χ1v) is 6.02. The van der Waals surface area contributed by atoms with E-state index >= 15 is 0 Å². The maximum atomic E-state index is 8.74. The molecule has 0 fully saturated rings. The van der Waals surface area contributed by atoms with Crippen molar-refractivity contribution in [2.45, 2.75) is 6.04 Å². The van der Waals surface area contributed by atoms with Crippen LogP contribution in [0.4, 0.5) is 5.69 Å². The van der Waals surface area contributed by atoms with E-state index in [0.29, 0.717) is 5.96 Å². The monoisotopic (exact) mass is 248 g/mol. The van der Waals surface area contributed by atoms with Crippen LogP contribution in [0.2, 0.25) is 0 Å². The average molecular weight is 248 g/mol. The third-order valence-corrected chi connectivity index (χ3v) is 3.06. The zero-order chi connectivity index (χ0) is 13.1. The van der Waals surface area contributed by atoms with E-state index in [9.17, 15) is 0 Å². The molecule has 0 saturated carbocycles. The predicted octanol–water partition coefficient (Wildman–Crippen LogP) is 2.63. The number of fused-ring (bicyclic) bond motifs is 1. The van der Waals surface area contributed by atoms with Gasteiger partial charge < -0.3 is 5.32 Å². The molecule has 92 valence electrons. The largest absolute Gasteiger partial charge is 0.325 e. The first-order chi connectivity index (χ1) is 9.38. The van der Waals surface area contributed by atoms with Crippen LogP contribution in [0.15, 0.2) is 59.6 Å². The second kappa shape index (κ2) is 4.83. The molecule has 0 unspecified atom stereocenters. The van der Waals surface area contributed by atoms with Crippen LogP contribution in [-0.4, -0.2) is 5.96 Å². The van der Waals surface area contributed by atoms with E-state index in [4.69, 9.17) is 5.26 Å². The third kappa shape index (κ3) is 2.14. The molecule has 0 bridgehead atoms. The van der Waals surface area contributed by atoms with Gasteiger partial charge in [-0.05, 0) is 11.6 Å². The van der Waals surface area contributed by atoms with Crippen molar-refractivity contribution in [3.05, 3.63) is 65.7 Å². The molecule has 1 atom stereocenters. The lowest BCUT2D eigenvalue weighted by Crippen LogP contribution is -2.31. The molecule has 0 aromatic heterocycles. The molecule has 2 aromatic carbocycles. The summed E-state index contributed by atoms with van der Waals surface area (Å²) in [5.74, 6) is 0.482. The molecule has 4 nitrogen and oxygen atoms in total. The molecular weight excluding hydrogens is 236 g/mol. The fourth-order valence-corrected chi connectivity index (χ4v) is 2.21. The Hall–Kier alpha value is -2.80. The smallest absolute Gasteiger partial charge is 0.210 e. The van der Waals surface area contributed by atoms with E-state index in [-0.39, 0.29) is 6.04 Å². The van der Waals surface area contributed by atoms with Crippen molar-refractivity contribution in [3.8, 4) is 6.19 Å². The zero-order valence-electron chi connectivity index (χ0n) is 10.2. The molecule has 0 spiro atoms. The average Bonchev–Trinajstić information content (AvgIpc) is 2.48. The fraction of sp³-hybridized carbons (Fsp3) is 0.0667. The molecule has 1 heterocycles. The quantitative estimate of drug-likeness (QED) is 0.602. The van der Waals surface area contributed by atoms with Crippen LogP contribution in [0, 0.1) is 11.5 Å². The number of anilines is 1. The van der Waals surface area contributed by atoms with Gasteiger partial charge in [-0.15, -0.1) is 0 Å². The van der Waals surface area contributed by atoms with Crippen LogP contribution in [0.1, 0.15) is 17.2 Å². The van der Waals surface area contributed by atoms with Crippen LogP contribution in [0.5, 0.6) is 0 Å². The minimum Gasteiger partial charge on any atom is -0.325 e. The number of nitriles is 1. The number of nitrogens with one attached hydrogen (secondary N) is 2. The number of guanidine groups is 1. The van der Waals surface area contributed by atoms with Gasteiger partial charge in [-0.3, -0.25) is 5.32 Å². The Morgan fingerprint density at radius 1 is 1.05 bits per heavy atom. The highest BCUT2D eigenvalue weighted by molar-refractivity contribution is 5.97. The minimum absolute atomic E-state index is 0.0884. The number of hydrogen-bond donors (Lipinski definition) is 2. The van der Waals surface area contributed by atoms with Gasteiger partial charge in [0.1, 0.15) is 6.04 Å². The number of hydrogen-bond acceptors (Lipinski definition) is 4. The molecular formula is C15H12N4. The standard InChI is InChI=1S/C15H12N4/c16-10-17-15-18-13-9-5-4-8-12(13)14(19-15)11-6-2-1-3-7-11/h1-9,14H,(H2,17,18,19)/t14-/m0/s1. The van der Waals surface area contributed by atoms with Gasteiger partial charge in [-0.25, -0.2) is 4.99 Å². The van der Waals surface area contributed by atoms with Crippen molar-refractivity contribution in [1.82, 2.24) is 5.32 Å². The van der Waals surface area contributed by atoms with E-state index in [0.717, 1.165) is 16.8 Å². The van der Waals surface area contributed by atoms with E-state index < -0.39 is 0 Å². The SMILES string of the molecule is N#CNC1=N[C@@H](c2ccccc2)c2ccccc2N1. The number of aliphatic imine (C=N–C) groups is 1. The van der Waals surface area contributed by atoms with Crippen molar-refractivity contribution >= 4 is 11.6 Å². The Labute approximate surface area is 111 Å². The van der Waals surface area contributed by atoms with Crippen LogP contribution in [0.3, 0.4) is 0 Å². The Morgan fingerprint density at radius 3 is 2.58 bits per heavy atom. The van der Waals surface area contributed by atoms with Crippen LogP contribution in [-0.2, 0) is 0 Å². The molecule has 19 heavy (non-hydrogen) atoms. The second-order valence-electron chi connectivity index (χ2n) is 4.24. The summed E-state index contributed by atoms with van der Waals surface area (Å²) in [6, 6.07) is 18.0. The topological polar surface area (TPSA) is 60.2 Å². The summed E-state index contributed by atoms with van der Waals surface area (Å²) in [5, 5.41) is 14.4. The van der Waals surface area contributed by atoms with Gasteiger partial charge in [0.15, 0.2) is 6.19 Å². The van der Waals surface area contributed by atoms with Gasteiger partial charge >= 0.3 is 0 Å². The third-order valence-electron chi connectivity index (χ3n) is 3.06. The Morgan fingerprint density at radius 2 is 1.79 bits per heavy atom. The molecule has 0 aliphatic carbocycles. The van der Waals surface area contributed by atoms with E-state index in [1.807, 2.05) is 60.8 Å². The van der Waals surface area contributed by atoms with Gasteiger partial charge in [-0.1, -0.05) is 48.5 Å². The van der Waals surface area contributed by atoms with E-state index in [2.05, 4.69) is 15.6 Å². The van der Waals surface area contributed by atoms with Gasteiger partial charge in [-0.2, -0.15) is 5.26 Å². The number of para-hydroxylation sites is 1. The lowest BCUT2D eigenvalue weighted by atomic mass is 9.96.